The van der Waals surface area contributed by atoms with E-state index in [9.17, 15) is 15.0 Å². The van der Waals surface area contributed by atoms with Crippen LogP contribution >= 0.6 is 0 Å². The van der Waals surface area contributed by atoms with Gasteiger partial charge in [0.1, 0.15) is 0 Å². The quantitative estimate of drug-likeness (QED) is 0.583. The number of carboxylic acid groups (broad SMARTS) is 1. The van der Waals surface area contributed by atoms with Gasteiger partial charge in [-0.05, 0) is 31.1 Å². The van der Waals surface area contributed by atoms with E-state index in [2.05, 4.69) is 6.92 Å². The lowest BCUT2D eigenvalue weighted by Crippen LogP contribution is -2.21. The molecule has 1 aliphatic rings. The predicted octanol–water partition coefficient (Wildman–Crippen LogP) is 2.18. The van der Waals surface area contributed by atoms with E-state index in [1.807, 2.05) is 0 Å². The molecule has 4 nitrogen and oxygen atoms in total. The van der Waals surface area contributed by atoms with E-state index in [0.717, 1.165) is 38.5 Å². The molecule has 4 atom stereocenters. The summed E-state index contributed by atoms with van der Waals surface area (Å²) in [6.07, 6.45) is 5.65. The molecule has 0 saturated heterocycles. The molecule has 1 aliphatic carbocycles. The average Bonchev–Trinajstić information content (AvgIpc) is 2.57. The Balaban J connectivity index is 2.16. The van der Waals surface area contributed by atoms with Crippen LogP contribution in [0.4, 0.5) is 0 Å². The molecule has 0 heterocycles. The van der Waals surface area contributed by atoms with E-state index in [0.29, 0.717) is 6.42 Å². The first-order valence-electron chi connectivity index (χ1n) is 7.14. The molecule has 0 radical (unpaired) electrons. The van der Waals surface area contributed by atoms with E-state index in [1.54, 1.807) is 0 Å². The molecule has 0 spiro atoms. The van der Waals surface area contributed by atoms with Crippen LogP contribution in [-0.2, 0) is 4.79 Å². The van der Waals surface area contributed by atoms with Gasteiger partial charge in [0.2, 0.25) is 0 Å². The highest BCUT2D eigenvalue weighted by molar-refractivity contribution is 5.66. The molecule has 2 unspecified atom stereocenters. The monoisotopic (exact) mass is 258 g/mol. The van der Waals surface area contributed by atoms with E-state index < -0.39 is 5.97 Å². The van der Waals surface area contributed by atoms with Gasteiger partial charge in [-0.25, -0.2) is 0 Å². The van der Waals surface area contributed by atoms with Crippen molar-refractivity contribution in [1.82, 2.24) is 0 Å². The van der Waals surface area contributed by atoms with Gasteiger partial charge < -0.3 is 15.3 Å². The summed E-state index contributed by atoms with van der Waals surface area (Å²) >= 11 is 0. The van der Waals surface area contributed by atoms with Gasteiger partial charge in [0.15, 0.2) is 0 Å². The van der Waals surface area contributed by atoms with Crippen LogP contribution in [0.25, 0.3) is 0 Å². The van der Waals surface area contributed by atoms with Crippen molar-refractivity contribution < 1.29 is 20.1 Å². The lowest BCUT2D eigenvalue weighted by molar-refractivity contribution is -0.137. The zero-order valence-corrected chi connectivity index (χ0v) is 11.2. The van der Waals surface area contributed by atoms with Crippen molar-refractivity contribution in [3.05, 3.63) is 0 Å². The summed E-state index contributed by atoms with van der Waals surface area (Å²) in [5.41, 5.74) is 0. The van der Waals surface area contributed by atoms with Crippen molar-refractivity contribution in [2.45, 2.75) is 70.5 Å². The molecule has 0 aromatic heterocycles. The van der Waals surface area contributed by atoms with E-state index in [-0.39, 0.29) is 30.5 Å². The molecule has 1 rings (SSSR count). The second-order valence-corrected chi connectivity index (χ2v) is 5.45. The van der Waals surface area contributed by atoms with Crippen LogP contribution in [0.1, 0.15) is 58.3 Å². The van der Waals surface area contributed by atoms with Crippen LogP contribution in [0, 0.1) is 11.8 Å². The van der Waals surface area contributed by atoms with Crippen LogP contribution in [0.5, 0.6) is 0 Å². The Kier molecular flexibility index (Phi) is 6.65. The summed E-state index contributed by atoms with van der Waals surface area (Å²) in [6, 6.07) is 0. The first-order chi connectivity index (χ1) is 8.56. The van der Waals surface area contributed by atoms with Gasteiger partial charge in [0.05, 0.1) is 12.2 Å². The van der Waals surface area contributed by atoms with Crippen LogP contribution in [0.2, 0.25) is 0 Å². The molecule has 1 fully saturated rings. The van der Waals surface area contributed by atoms with Crippen molar-refractivity contribution in [2.75, 3.05) is 0 Å². The molecule has 106 valence electrons. The van der Waals surface area contributed by atoms with Crippen LogP contribution in [0.3, 0.4) is 0 Å². The zero-order chi connectivity index (χ0) is 13.5. The van der Waals surface area contributed by atoms with E-state index in [4.69, 9.17) is 5.11 Å². The molecule has 0 aromatic rings. The molecular weight excluding hydrogens is 232 g/mol. The minimum absolute atomic E-state index is 0.226. The standard InChI is InChI=1S/C14H26O4/c1-2-10-11(13(16)9-12(10)15)7-5-3-4-6-8-14(17)18/h10-13,15-16H,2-9H2,1H3,(H,17,18)/t10?,11?,12-,13+/m1/s1. The second-order valence-electron chi connectivity index (χ2n) is 5.45. The van der Waals surface area contributed by atoms with Gasteiger partial charge >= 0.3 is 5.97 Å². The Bertz CT molecular complexity index is 254. The lowest BCUT2D eigenvalue weighted by atomic mass is 9.87. The van der Waals surface area contributed by atoms with Crippen molar-refractivity contribution >= 4 is 5.97 Å². The summed E-state index contributed by atoms with van der Waals surface area (Å²) in [6.45, 7) is 2.06. The Labute approximate surface area is 109 Å². The van der Waals surface area contributed by atoms with Crippen molar-refractivity contribution in [1.29, 1.82) is 0 Å². The molecule has 0 aromatic carbocycles. The number of carbonyl (C=O) groups is 1. The third-order valence-corrected chi connectivity index (χ3v) is 4.17. The minimum Gasteiger partial charge on any atom is -0.481 e. The number of hydrogen-bond acceptors (Lipinski definition) is 3. The first kappa shape index (κ1) is 15.4. The zero-order valence-electron chi connectivity index (χ0n) is 11.2. The maximum absolute atomic E-state index is 10.3. The largest absolute Gasteiger partial charge is 0.481 e. The Morgan fingerprint density at radius 3 is 2.28 bits per heavy atom. The first-order valence-corrected chi connectivity index (χ1v) is 7.14. The fourth-order valence-electron chi connectivity index (χ4n) is 3.16. The highest BCUT2D eigenvalue weighted by Gasteiger charge is 2.39. The minimum atomic E-state index is -0.726. The maximum Gasteiger partial charge on any atom is 0.303 e. The Morgan fingerprint density at radius 2 is 1.67 bits per heavy atom. The Morgan fingerprint density at radius 1 is 1.06 bits per heavy atom. The summed E-state index contributed by atoms with van der Waals surface area (Å²) in [7, 11) is 0. The van der Waals surface area contributed by atoms with Crippen LogP contribution in [-0.4, -0.2) is 33.5 Å². The second kappa shape index (κ2) is 7.74. The van der Waals surface area contributed by atoms with Gasteiger partial charge in [-0.15, -0.1) is 0 Å². The average molecular weight is 258 g/mol. The van der Waals surface area contributed by atoms with E-state index >= 15 is 0 Å². The number of unbranched alkanes of at least 4 members (excludes halogenated alkanes) is 3. The van der Waals surface area contributed by atoms with Gasteiger partial charge in [0, 0.05) is 6.42 Å². The molecule has 4 heteroatoms. The fourth-order valence-corrected chi connectivity index (χ4v) is 3.16. The molecule has 18 heavy (non-hydrogen) atoms. The maximum atomic E-state index is 10.3. The third-order valence-electron chi connectivity index (χ3n) is 4.17. The number of aliphatic hydroxyl groups excluding tert-OH is 2. The molecule has 0 amide bonds. The van der Waals surface area contributed by atoms with E-state index in [1.165, 1.54) is 0 Å². The van der Waals surface area contributed by atoms with Crippen molar-refractivity contribution in [2.24, 2.45) is 11.8 Å². The van der Waals surface area contributed by atoms with Gasteiger partial charge in [0.25, 0.3) is 0 Å². The highest BCUT2D eigenvalue weighted by Crippen LogP contribution is 2.37. The van der Waals surface area contributed by atoms with Crippen LogP contribution in [0.15, 0.2) is 0 Å². The third kappa shape index (κ3) is 4.58. The summed E-state index contributed by atoms with van der Waals surface area (Å²) in [4.78, 5) is 10.3. The number of aliphatic hydroxyl groups is 2. The van der Waals surface area contributed by atoms with Crippen molar-refractivity contribution in [3.8, 4) is 0 Å². The highest BCUT2D eigenvalue weighted by atomic mass is 16.4. The lowest BCUT2D eigenvalue weighted by Gasteiger charge is -2.22. The number of carboxylic acids is 1. The molecule has 0 aliphatic heterocycles. The van der Waals surface area contributed by atoms with Gasteiger partial charge in [-0.1, -0.05) is 32.6 Å². The normalized spacial score (nSPS) is 31.7. The van der Waals surface area contributed by atoms with Crippen molar-refractivity contribution in [3.63, 3.8) is 0 Å². The summed E-state index contributed by atoms with van der Waals surface area (Å²) < 4.78 is 0. The van der Waals surface area contributed by atoms with Crippen LogP contribution < -0.4 is 0 Å². The number of aliphatic carboxylic acids is 1. The molecular formula is C14H26O4. The molecule has 1 saturated carbocycles. The van der Waals surface area contributed by atoms with Gasteiger partial charge in [-0.3, -0.25) is 4.79 Å². The Hall–Kier alpha value is -0.610. The molecule has 0 bridgehead atoms. The SMILES string of the molecule is CCC1C(CCCCCCC(=O)O)[C@@H](O)C[C@H]1O. The summed E-state index contributed by atoms with van der Waals surface area (Å²) in [5.74, 6) is -0.265. The molecule has 3 N–H and O–H groups in total. The number of hydrogen-bond donors (Lipinski definition) is 3. The predicted molar refractivity (Wildman–Crippen MR) is 69.2 cm³/mol. The van der Waals surface area contributed by atoms with Gasteiger partial charge in [-0.2, -0.15) is 0 Å². The fraction of sp³-hybridized carbons (Fsp3) is 0.929. The summed E-state index contributed by atoms with van der Waals surface area (Å²) in [5, 5.41) is 28.2. The smallest absolute Gasteiger partial charge is 0.303 e. The number of rotatable bonds is 8. The topological polar surface area (TPSA) is 77.8 Å².